The summed E-state index contributed by atoms with van der Waals surface area (Å²) in [6, 6.07) is 73.9. The van der Waals surface area contributed by atoms with E-state index in [-0.39, 0.29) is 0 Å². The summed E-state index contributed by atoms with van der Waals surface area (Å²) in [7, 11) is 0. The highest BCUT2D eigenvalue weighted by Crippen LogP contribution is 2.58. The fourth-order valence-corrected chi connectivity index (χ4v) is 10.9. The smallest absolute Gasteiger partial charge is 0.0794 e. The predicted octanol–water partition coefficient (Wildman–Crippen LogP) is 14.6. The van der Waals surface area contributed by atoms with Crippen molar-refractivity contribution < 1.29 is 0 Å². The highest BCUT2D eigenvalue weighted by atomic mass is 32.1. The van der Waals surface area contributed by atoms with Crippen molar-refractivity contribution in [2.75, 3.05) is 0 Å². The second-order valence-electron chi connectivity index (χ2n) is 15.0. The molecule has 9 aromatic carbocycles. The van der Waals surface area contributed by atoms with Gasteiger partial charge < -0.3 is 0 Å². The van der Waals surface area contributed by atoms with Crippen molar-refractivity contribution in [3.63, 3.8) is 0 Å². The summed E-state index contributed by atoms with van der Waals surface area (Å²) >= 11 is 1.89. The van der Waals surface area contributed by atoms with Gasteiger partial charge in [-0.05, 0) is 91.0 Å². The molecular weight excluding hydrogens is 695 g/mol. The summed E-state index contributed by atoms with van der Waals surface area (Å²) in [5.74, 6) is 0. The third kappa shape index (κ3) is 4.39. The molecule has 0 spiro atoms. The van der Waals surface area contributed by atoms with Crippen LogP contribution < -0.4 is 0 Å². The third-order valence-corrected chi connectivity index (χ3v) is 13.4. The second kappa shape index (κ2) is 12.1. The first kappa shape index (κ1) is 31.5. The van der Waals surface area contributed by atoms with Crippen molar-refractivity contribution >= 4 is 64.0 Å². The van der Waals surface area contributed by atoms with Crippen LogP contribution in [0.15, 0.2) is 200 Å². The van der Waals surface area contributed by atoms with E-state index < -0.39 is 5.41 Å². The molecule has 2 heteroatoms. The van der Waals surface area contributed by atoms with Crippen LogP contribution in [0.2, 0.25) is 0 Å². The van der Waals surface area contributed by atoms with Gasteiger partial charge in [-0.1, -0.05) is 170 Å². The van der Waals surface area contributed by atoms with E-state index in [0.29, 0.717) is 0 Å². The van der Waals surface area contributed by atoms with Gasteiger partial charge in [0, 0.05) is 36.5 Å². The molecule has 1 nitrogen and oxygen atoms in total. The van der Waals surface area contributed by atoms with E-state index in [4.69, 9.17) is 4.98 Å². The first-order valence-corrected chi connectivity index (χ1v) is 20.1. The predicted molar refractivity (Wildman–Crippen MR) is 238 cm³/mol. The molecule has 0 radical (unpaired) electrons. The summed E-state index contributed by atoms with van der Waals surface area (Å²) in [6.45, 7) is 0. The molecule has 56 heavy (non-hydrogen) atoms. The van der Waals surface area contributed by atoms with Gasteiger partial charge in [-0.15, -0.1) is 11.3 Å². The molecule has 0 fully saturated rings. The van der Waals surface area contributed by atoms with Crippen molar-refractivity contribution in [1.29, 1.82) is 0 Å². The molecule has 0 unspecified atom stereocenters. The molecule has 0 amide bonds. The van der Waals surface area contributed by atoms with Crippen LogP contribution in [0.5, 0.6) is 0 Å². The quantitative estimate of drug-likeness (QED) is 0.165. The Bertz CT molecular complexity index is 3280. The van der Waals surface area contributed by atoms with Crippen molar-refractivity contribution in [2.45, 2.75) is 5.41 Å². The van der Waals surface area contributed by atoms with Crippen LogP contribution in [-0.4, -0.2) is 4.98 Å². The third-order valence-electron chi connectivity index (χ3n) is 12.1. The molecule has 0 atom stereocenters. The van der Waals surface area contributed by atoms with Gasteiger partial charge in [0.25, 0.3) is 0 Å². The number of hydrogen-bond acceptors (Lipinski definition) is 2. The lowest BCUT2D eigenvalue weighted by Gasteiger charge is -2.34. The Morgan fingerprint density at radius 2 is 0.875 bits per heavy atom. The fraction of sp³-hybridized carbons (Fsp3) is 0.0185. The van der Waals surface area contributed by atoms with Gasteiger partial charge in [0.1, 0.15) is 0 Å². The largest absolute Gasteiger partial charge is 0.247 e. The number of thiophene rings is 1. The van der Waals surface area contributed by atoms with Crippen molar-refractivity contribution in [1.82, 2.24) is 4.98 Å². The topological polar surface area (TPSA) is 12.9 Å². The highest BCUT2D eigenvalue weighted by Gasteiger charge is 2.46. The lowest BCUT2D eigenvalue weighted by atomic mass is 9.67. The number of benzene rings is 9. The molecule has 0 saturated carbocycles. The van der Waals surface area contributed by atoms with Crippen LogP contribution >= 0.6 is 11.3 Å². The molecular formula is C54H33NS. The molecule has 0 saturated heterocycles. The Balaban J connectivity index is 1.12. The van der Waals surface area contributed by atoms with Crippen LogP contribution in [0.4, 0.5) is 0 Å². The maximum Gasteiger partial charge on any atom is 0.0794 e. The maximum atomic E-state index is 5.49. The zero-order chi connectivity index (χ0) is 36.8. The summed E-state index contributed by atoms with van der Waals surface area (Å²) in [5, 5.41) is 8.73. The van der Waals surface area contributed by atoms with Crippen LogP contribution in [0, 0.1) is 0 Å². The molecule has 11 aromatic rings. The molecule has 0 N–H and O–H groups in total. The Hall–Kier alpha value is -6.87. The van der Waals surface area contributed by atoms with Crippen molar-refractivity contribution in [3.8, 4) is 33.5 Å². The maximum absolute atomic E-state index is 5.49. The molecule has 0 aliphatic heterocycles. The van der Waals surface area contributed by atoms with E-state index >= 15 is 0 Å². The van der Waals surface area contributed by atoms with E-state index in [1.165, 1.54) is 91.6 Å². The van der Waals surface area contributed by atoms with E-state index in [2.05, 4.69) is 200 Å². The van der Waals surface area contributed by atoms with Crippen LogP contribution in [0.25, 0.3) is 86.1 Å². The number of rotatable bonds is 4. The lowest BCUT2D eigenvalue weighted by Crippen LogP contribution is -2.28. The SMILES string of the molecule is c1ccc(C2(c3ccccc3)c3cc(-c4ccc5c6ccccc6c6ccccc6c5n4)ccc3-c3ccc(-c4cccc5c4sc4ccccc45)cc32)cc1. The first-order valence-electron chi connectivity index (χ1n) is 19.3. The molecule has 0 bridgehead atoms. The highest BCUT2D eigenvalue weighted by molar-refractivity contribution is 7.26. The Morgan fingerprint density at radius 3 is 1.55 bits per heavy atom. The molecule has 2 heterocycles. The Labute approximate surface area is 328 Å². The molecule has 1 aliphatic rings. The van der Waals surface area contributed by atoms with E-state index in [9.17, 15) is 0 Å². The Kier molecular flexibility index (Phi) is 6.78. The van der Waals surface area contributed by atoms with E-state index in [1.807, 2.05) is 11.3 Å². The molecule has 2 aromatic heterocycles. The zero-order valence-corrected chi connectivity index (χ0v) is 31.2. The lowest BCUT2D eigenvalue weighted by molar-refractivity contribution is 0.769. The van der Waals surface area contributed by atoms with Gasteiger partial charge >= 0.3 is 0 Å². The number of nitrogens with zero attached hydrogens (tertiary/aromatic N) is 1. The van der Waals surface area contributed by atoms with Crippen LogP contribution in [-0.2, 0) is 5.41 Å². The molecule has 1 aliphatic carbocycles. The number of hydrogen-bond donors (Lipinski definition) is 0. The average molecular weight is 728 g/mol. The van der Waals surface area contributed by atoms with Gasteiger partial charge in [0.05, 0.1) is 16.6 Å². The van der Waals surface area contributed by atoms with Crippen molar-refractivity contribution in [2.24, 2.45) is 0 Å². The monoisotopic (exact) mass is 727 g/mol. The van der Waals surface area contributed by atoms with E-state index in [1.54, 1.807) is 0 Å². The summed E-state index contributed by atoms with van der Waals surface area (Å²) in [6.07, 6.45) is 0. The van der Waals surface area contributed by atoms with Gasteiger partial charge in [0.2, 0.25) is 0 Å². The minimum atomic E-state index is -0.549. The number of pyridine rings is 1. The van der Waals surface area contributed by atoms with Gasteiger partial charge in [-0.3, -0.25) is 0 Å². The average Bonchev–Trinajstić information content (AvgIpc) is 3.80. The fourth-order valence-electron chi connectivity index (χ4n) is 9.71. The number of fused-ring (bicyclic) bond motifs is 12. The zero-order valence-electron chi connectivity index (χ0n) is 30.4. The van der Waals surface area contributed by atoms with Gasteiger partial charge in [-0.2, -0.15) is 0 Å². The van der Waals surface area contributed by atoms with Crippen LogP contribution in [0.3, 0.4) is 0 Å². The number of aromatic nitrogens is 1. The molecule has 12 rings (SSSR count). The van der Waals surface area contributed by atoms with E-state index in [0.717, 1.165) is 16.8 Å². The normalized spacial score (nSPS) is 13.1. The molecule has 260 valence electrons. The van der Waals surface area contributed by atoms with Gasteiger partial charge in [0.15, 0.2) is 0 Å². The first-order chi connectivity index (χ1) is 27.8. The Morgan fingerprint density at radius 1 is 0.357 bits per heavy atom. The minimum Gasteiger partial charge on any atom is -0.247 e. The summed E-state index contributed by atoms with van der Waals surface area (Å²) in [4.78, 5) is 5.49. The summed E-state index contributed by atoms with van der Waals surface area (Å²) in [5.41, 5.74) is 12.7. The van der Waals surface area contributed by atoms with Crippen molar-refractivity contribution in [3.05, 3.63) is 222 Å². The minimum absolute atomic E-state index is 0.549. The summed E-state index contributed by atoms with van der Waals surface area (Å²) < 4.78 is 2.65. The van der Waals surface area contributed by atoms with Gasteiger partial charge in [-0.25, -0.2) is 4.98 Å². The second-order valence-corrected chi connectivity index (χ2v) is 16.0. The van der Waals surface area contributed by atoms with Crippen LogP contribution in [0.1, 0.15) is 22.3 Å². The standard InChI is InChI=1S/C54H33NS/c1-3-14-36(15-4-1)54(37-16-5-2-6-17-37)48-32-34(38-23-13-24-47-44-21-11-12-25-51(44)56-53(38)47)26-28-42(48)43-29-27-35(33-49(43)54)50-31-30-46-41-20-8-7-18-39(41)40-19-9-10-22-45(40)52(46)55-50/h1-33H.